The Balaban J connectivity index is 1.86. The van der Waals surface area contributed by atoms with E-state index in [0.717, 1.165) is 30.0 Å². The van der Waals surface area contributed by atoms with Gasteiger partial charge in [-0.05, 0) is 68.9 Å². The van der Waals surface area contributed by atoms with Crippen LogP contribution in [0.5, 0.6) is 5.75 Å². The van der Waals surface area contributed by atoms with Crippen LogP contribution in [0.15, 0.2) is 54.6 Å². The highest BCUT2D eigenvalue weighted by Crippen LogP contribution is 2.14. The van der Waals surface area contributed by atoms with Crippen molar-refractivity contribution < 1.29 is 9.53 Å². The molecule has 2 rings (SSSR count). The zero-order valence-electron chi connectivity index (χ0n) is 15.2. The van der Waals surface area contributed by atoms with E-state index in [-0.39, 0.29) is 5.91 Å². The van der Waals surface area contributed by atoms with E-state index in [0.29, 0.717) is 6.61 Å². The lowest BCUT2D eigenvalue weighted by atomic mass is 10.1. The van der Waals surface area contributed by atoms with Crippen LogP contribution in [0.1, 0.15) is 18.1 Å². The van der Waals surface area contributed by atoms with Crippen molar-refractivity contribution in [2.45, 2.75) is 13.3 Å². The van der Waals surface area contributed by atoms with E-state index < -0.39 is 0 Å². The number of benzene rings is 2. The molecule has 1 N–H and O–H groups in total. The molecule has 0 aliphatic rings. The number of carbonyl (C=O) groups excluding carboxylic acids is 1. The normalized spacial score (nSPS) is 11.0. The van der Waals surface area contributed by atoms with Crippen LogP contribution in [-0.2, 0) is 11.2 Å². The second-order valence-corrected chi connectivity index (χ2v) is 6.07. The molecule has 4 heteroatoms. The van der Waals surface area contributed by atoms with Gasteiger partial charge in [0.25, 0.3) is 0 Å². The highest BCUT2D eigenvalue weighted by Gasteiger charge is 2.00. The molecular weight excluding hydrogens is 312 g/mol. The van der Waals surface area contributed by atoms with Gasteiger partial charge < -0.3 is 15.0 Å². The molecule has 0 aliphatic carbocycles. The van der Waals surface area contributed by atoms with Crippen molar-refractivity contribution >= 4 is 17.7 Å². The van der Waals surface area contributed by atoms with Crippen LogP contribution in [0.4, 0.5) is 5.69 Å². The van der Waals surface area contributed by atoms with Gasteiger partial charge in [0.15, 0.2) is 0 Å². The Kier molecular flexibility index (Phi) is 7.23. The fourth-order valence-electron chi connectivity index (χ4n) is 2.31. The van der Waals surface area contributed by atoms with Gasteiger partial charge in [-0.2, -0.15) is 0 Å². The Morgan fingerprint density at radius 3 is 2.36 bits per heavy atom. The van der Waals surface area contributed by atoms with Crippen LogP contribution >= 0.6 is 0 Å². The highest BCUT2D eigenvalue weighted by atomic mass is 16.5. The van der Waals surface area contributed by atoms with Gasteiger partial charge >= 0.3 is 0 Å². The van der Waals surface area contributed by atoms with Gasteiger partial charge in [0.05, 0.1) is 6.61 Å². The summed E-state index contributed by atoms with van der Waals surface area (Å²) in [4.78, 5) is 14.2. The van der Waals surface area contributed by atoms with E-state index in [2.05, 4.69) is 36.4 Å². The predicted octanol–water partition coefficient (Wildman–Crippen LogP) is 3.84. The standard InChI is InChI=1S/C21H26N2O2/c1-4-25-20-12-7-17(8-13-20)9-14-21(24)22-19-10-5-18(6-11-19)15-16-23(2)3/h5-14H,4,15-16H2,1-3H3,(H,22,24)/b14-9+. The molecule has 0 aliphatic heterocycles. The fourth-order valence-corrected chi connectivity index (χ4v) is 2.31. The van der Waals surface area contributed by atoms with Crippen LogP contribution < -0.4 is 10.1 Å². The largest absolute Gasteiger partial charge is 0.494 e. The summed E-state index contributed by atoms with van der Waals surface area (Å²) in [5, 5.41) is 2.88. The van der Waals surface area contributed by atoms with Gasteiger partial charge in [-0.25, -0.2) is 0 Å². The molecule has 0 atom stereocenters. The molecule has 0 aromatic heterocycles. The topological polar surface area (TPSA) is 41.6 Å². The summed E-state index contributed by atoms with van der Waals surface area (Å²) in [7, 11) is 4.12. The lowest BCUT2D eigenvalue weighted by molar-refractivity contribution is -0.111. The van der Waals surface area contributed by atoms with Crippen molar-refractivity contribution in [3.05, 3.63) is 65.7 Å². The minimum absolute atomic E-state index is 0.144. The quantitative estimate of drug-likeness (QED) is 0.744. The molecular formula is C21H26N2O2. The minimum atomic E-state index is -0.144. The molecule has 25 heavy (non-hydrogen) atoms. The average molecular weight is 338 g/mol. The van der Waals surface area contributed by atoms with Crippen molar-refractivity contribution in [1.29, 1.82) is 0 Å². The summed E-state index contributed by atoms with van der Waals surface area (Å²) in [6.07, 6.45) is 4.32. The first-order chi connectivity index (χ1) is 12.1. The molecule has 0 heterocycles. The fraction of sp³-hybridized carbons (Fsp3) is 0.286. The van der Waals surface area contributed by atoms with Crippen molar-refractivity contribution in [2.24, 2.45) is 0 Å². The van der Waals surface area contributed by atoms with Gasteiger partial charge in [-0.1, -0.05) is 24.3 Å². The van der Waals surface area contributed by atoms with Gasteiger partial charge in [-0.3, -0.25) is 4.79 Å². The van der Waals surface area contributed by atoms with Gasteiger partial charge in [0.2, 0.25) is 5.91 Å². The molecule has 1 amide bonds. The molecule has 0 unspecified atom stereocenters. The van der Waals surface area contributed by atoms with E-state index in [4.69, 9.17) is 4.74 Å². The molecule has 0 bridgehead atoms. The SMILES string of the molecule is CCOc1ccc(/C=C/C(=O)Nc2ccc(CCN(C)C)cc2)cc1. The molecule has 0 saturated heterocycles. The maximum Gasteiger partial charge on any atom is 0.248 e. The number of likely N-dealkylation sites (N-methyl/N-ethyl adjacent to an activating group) is 1. The average Bonchev–Trinajstić information content (AvgIpc) is 2.61. The third kappa shape index (κ3) is 6.81. The van der Waals surface area contributed by atoms with E-state index >= 15 is 0 Å². The molecule has 0 radical (unpaired) electrons. The van der Waals surface area contributed by atoms with Crippen LogP contribution in [0.25, 0.3) is 6.08 Å². The minimum Gasteiger partial charge on any atom is -0.494 e. The van der Waals surface area contributed by atoms with Gasteiger partial charge in [0, 0.05) is 18.3 Å². The van der Waals surface area contributed by atoms with Crippen LogP contribution in [0.2, 0.25) is 0 Å². The number of rotatable bonds is 8. The monoisotopic (exact) mass is 338 g/mol. The molecule has 132 valence electrons. The molecule has 2 aromatic carbocycles. The molecule has 0 spiro atoms. The Bertz CT molecular complexity index is 689. The summed E-state index contributed by atoms with van der Waals surface area (Å²) in [5.41, 5.74) is 3.02. The van der Waals surface area contributed by atoms with Crippen molar-refractivity contribution in [3.63, 3.8) is 0 Å². The first kappa shape index (κ1) is 18.7. The zero-order valence-corrected chi connectivity index (χ0v) is 15.2. The van der Waals surface area contributed by atoms with Crippen LogP contribution in [-0.4, -0.2) is 38.1 Å². The summed E-state index contributed by atoms with van der Waals surface area (Å²) >= 11 is 0. The second-order valence-electron chi connectivity index (χ2n) is 6.07. The van der Waals surface area contributed by atoms with Crippen molar-refractivity contribution in [1.82, 2.24) is 4.90 Å². The number of nitrogens with zero attached hydrogens (tertiary/aromatic N) is 1. The molecule has 0 fully saturated rings. The van der Waals surface area contributed by atoms with E-state index in [1.807, 2.05) is 43.3 Å². The number of carbonyl (C=O) groups is 1. The summed E-state index contributed by atoms with van der Waals surface area (Å²) in [6.45, 7) is 3.61. The highest BCUT2D eigenvalue weighted by molar-refractivity contribution is 6.01. The third-order valence-corrected chi connectivity index (χ3v) is 3.69. The Labute approximate surface area is 150 Å². The number of ether oxygens (including phenoxy) is 1. The third-order valence-electron chi connectivity index (χ3n) is 3.69. The van der Waals surface area contributed by atoms with Gasteiger partial charge in [0.1, 0.15) is 5.75 Å². The zero-order chi connectivity index (χ0) is 18.1. The van der Waals surface area contributed by atoms with Crippen molar-refractivity contribution in [3.8, 4) is 5.75 Å². The maximum atomic E-state index is 12.0. The maximum absolute atomic E-state index is 12.0. The molecule has 0 saturated carbocycles. The van der Waals surface area contributed by atoms with E-state index in [1.54, 1.807) is 6.08 Å². The summed E-state index contributed by atoms with van der Waals surface area (Å²) in [6, 6.07) is 15.6. The van der Waals surface area contributed by atoms with Crippen LogP contribution in [0, 0.1) is 0 Å². The Morgan fingerprint density at radius 1 is 1.08 bits per heavy atom. The van der Waals surface area contributed by atoms with Crippen LogP contribution in [0.3, 0.4) is 0 Å². The predicted molar refractivity (Wildman–Crippen MR) is 104 cm³/mol. The summed E-state index contributed by atoms with van der Waals surface area (Å²) < 4.78 is 5.40. The Morgan fingerprint density at radius 2 is 1.76 bits per heavy atom. The van der Waals surface area contributed by atoms with Crippen molar-refractivity contribution in [2.75, 3.05) is 32.6 Å². The number of nitrogens with one attached hydrogen (secondary N) is 1. The second kappa shape index (κ2) is 9.64. The van der Waals surface area contributed by atoms with E-state index in [9.17, 15) is 4.79 Å². The number of hydrogen-bond acceptors (Lipinski definition) is 3. The summed E-state index contributed by atoms with van der Waals surface area (Å²) in [5.74, 6) is 0.688. The lowest BCUT2D eigenvalue weighted by Gasteiger charge is -2.09. The van der Waals surface area contributed by atoms with Gasteiger partial charge in [-0.15, -0.1) is 0 Å². The number of anilines is 1. The molecule has 2 aromatic rings. The number of amides is 1. The smallest absolute Gasteiger partial charge is 0.248 e. The molecule has 4 nitrogen and oxygen atoms in total. The lowest BCUT2D eigenvalue weighted by Crippen LogP contribution is -2.15. The first-order valence-corrected chi connectivity index (χ1v) is 8.52. The Hall–Kier alpha value is -2.59. The van der Waals surface area contributed by atoms with E-state index in [1.165, 1.54) is 11.6 Å². The first-order valence-electron chi connectivity index (χ1n) is 8.52. The number of hydrogen-bond donors (Lipinski definition) is 1.